The minimum atomic E-state index is -0.759. The fourth-order valence-corrected chi connectivity index (χ4v) is 3.12. The van der Waals surface area contributed by atoms with Crippen LogP contribution in [-0.4, -0.2) is 56.0 Å². The maximum atomic E-state index is 12.7. The van der Waals surface area contributed by atoms with Crippen LogP contribution in [0, 0.1) is 0 Å². The molecule has 2 aromatic rings. The number of carbonyl (C=O) groups is 2. The van der Waals surface area contributed by atoms with Gasteiger partial charge in [-0.25, -0.2) is 0 Å². The van der Waals surface area contributed by atoms with Crippen molar-refractivity contribution in [1.29, 1.82) is 0 Å². The third-order valence-corrected chi connectivity index (χ3v) is 4.55. The van der Waals surface area contributed by atoms with Gasteiger partial charge in [0.1, 0.15) is 23.3 Å². The summed E-state index contributed by atoms with van der Waals surface area (Å²) < 4.78 is 10.7. The van der Waals surface area contributed by atoms with E-state index in [1.165, 1.54) is 18.3 Å². The van der Waals surface area contributed by atoms with Crippen LogP contribution in [-0.2, 0) is 9.59 Å². The van der Waals surface area contributed by atoms with Crippen LogP contribution in [0.5, 0.6) is 5.75 Å². The predicted octanol–water partition coefficient (Wildman–Crippen LogP) is 0.854. The summed E-state index contributed by atoms with van der Waals surface area (Å²) in [5, 5.41) is 10.9. The Bertz CT molecular complexity index is 870. The number of quaternary nitrogens is 1. The molecule has 2 N–H and O–H groups in total. The summed E-state index contributed by atoms with van der Waals surface area (Å²) in [7, 11) is 5.45. The van der Waals surface area contributed by atoms with E-state index in [0.717, 1.165) is 4.90 Å². The van der Waals surface area contributed by atoms with Gasteiger partial charge in [-0.15, -0.1) is 0 Å². The van der Waals surface area contributed by atoms with Gasteiger partial charge in [0.05, 0.1) is 46.1 Å². The fourth-order valence-electron chi connectivity index (χ4n) is 3.12. The van der Waals surface area contributed by atoms with Crippen LogP contribution in [0.4, 0.5) is 0 Å². The highest BCUT2D eigenvalue weighted by Gasteiger charge is 2.47. The Morgan fingerprint density at radius 1 is 1.26 bits per heavy atom. The normalized spacial score (nSPS) is 19.1. The van der Waals surface area contributed by atoms with Crippen molar-refractivity contribution in [3.63, 3.8) is 0 Å². The lowest BCUT2D eigenvalue weighted by atomic mass is 9.99. The summed E-state index contributed by atoms with van der Waals surface area (Å²) in [6, 6.07) is 9.36. The minimum absolute atomic E-state index is 0.0250. The van der Waals surface area contributed by atoms with Crippen molar-refractivity contribution < 1.29 is 28.7 Å². The van der Waals surface area contributed by atoms with E-state index >= 15 is 0 Å². The second-order valence-corrected chi connectivity index (χ2v) is 6.70. The van der Waals surface area contributed by atoms with Gasteiger partial charge in [-0.1, -0.05) is 12.1 Å². The first-order chi connectivity index (χ1) is 12.9. The Hall–Kier alpha value is -3.06. The minimum Gasteiger partial charge on any atom is -0.507 e. The summed E-state index contributed by atoms with van der Waals surface area (Å²) in [5.41, 5.74) is 0.430. The van der Waals surface area contributed by atoms with E-state index in [4.69, 9.17) is 9.15 Å². The molecule has 7 nitrogen and oxygen atoms in total. The molecule has 1 fully saturated rings. The van der Waals surface area contributed by atoms with Crippen LogP contribution < -0.4 is 9.64 Å². The monoisotopic (exact) mass is 371 g/mol. The molecule has 0 spiro atoms. The van der Waals surface area contributed by atoms with Gasteiger partial charge in [-0.05, 0) is 24.3 Å². The molecule has 3 rings (SSSR count). The highest BCUT2D eigenvalue weighted by atomic mass is 16.5. The number of aliphatic hydroxyl groups excluding tert-OH is 1. The Kier molecular flexibility index (Phi) is 5.32. The summed E-state index contributed by atoms with van der Waals surface area (Å²) >= 11 is 0. The van der Waals surface area contributed by atoms with Crippen molar-refractivity contribution in [3.05, 3.63) is 59.6 Å². The van der Waals surface area contributed by atoms with Crippen molar-refractivity contribution in [3.8, 4) is 5.75 Å². The number of Topliss-reactive ketones (excluding diaryl/α,β-unsaturated/α-hetero) is 1. The number of likely N-dealkylation sites (N-methyl/N-ethyl adjacent to an activating group) is 1. The molecule has 0 radical (unpaired) electrons. The number of aliphatic hydroxyl groups is 1. The maximum Gasteiger partial charge on any atom is 0.295 e. The van der Waals surface area contributed by atoms with Gasteiger partial charge in [0, 0.05) is 5.56 Å². The lowest BCUT2D eigenvalue weighted by Gasteiger charge is -2.23. The first-order valence-corrected chi connectivity index (χ1v) is 8.69. The smallest absolute Gasteiger partial charge is 0.295 e. The van der Waals surface area contributed by atoms with Gasteiger partial charge in [0.2, 0.25) is 0 Å². The fraction of sp³-hybridized carbons (Fsp3) is 0.300. The van der Waals surface area contributed by atoms with Crippen LogP contribution in [0.2, 0.25) is 0 Å². The van der Waals surface area contributed by atoms with E-state index in [0.29, 0.717) is 30.2 Å². The predicted molar refractivity (Wildman–Crippen MR) is 98.4 cm³/mol. The summed E-state index contributed by atoms with van der Waals surface area (Å²) in [5.74, 6) is -0.618. The topological polar surface area (TPSA) is 84.4 Å². The number of furan rings is 1. The maximum absolute atomic E-state index is 12.7. The lowest BCUT2D eigenvalue weighted by molar-refractivity contribution is -0.857. The molecule has 0 saturated carbocycles. The molecule has 0 aliphatic carbocycles. The second kappa shape index (κ2) is 7.67. The average Bonchev–Trinajstić information content (AvgIpc) is 3.27. The van der Waals surface area contributed by atoms with Crippen molar-refractivity contribution in [1.82, 2.24) is 4.90 Å². The number of ether oxygens (including phenoxy) is 1. The van der Waals surface area contributed by atoms with E-state index in [2.05, 4.69) is 0 Å². The van der Waals surface area contributed by atoms with E-state index in [1.807, 2.05) is 14.1 Å². The number of hydrogen-bond acceptors (Lipinski definition) is 5. The molecule has 7 heteroatoms. The number of hydrogen-bond donors (Lipinski definition) is 2. The molecule has 27 heavy (non-hydrogen) atoms. The molecule has 1 aromatic carbocycles. The molecule has 1 aromatic heterocycles. The molecular weight excluding hydrogens is 348 g/mol. The Morgan fingerprint density at radius 3 is 2.67 bits per heavy atom. The number of nitrogens with zero attached hydrogens (tertiary/aromatic N) is 1. The van der Waals surface area contributed by atoms with Crippen LogP contribution in [0.1, 0.15) is 17.4 Å². The molecule has 0 unspecified atom stereocenters. The third kappa shape index (κ3) is 3.59. The molecule has 142 valence electrons. The number of ketones is 1. The van der Waals surface area contributed by atoms with Gasteiger partial charge < -0.3 is 24.1 Å². The first kappa shape index (κ1) is 18.7. The zero-order chi connectivity index (χ0) is 19.6. The molecule has 2 heterocycles. The van der Waals surface area contributed by atoms with Crippen LogP contribution in [0.3, 0.4) is 0 Å². The zero-order valence-electron chi connectivity index (χ0n) is 15.6. The number of likely N-dealkylation sites (tertiary alicyclic amines) is 1. The van der Waals surface area contributed by atoms with Crippen LogP contribution in [0.25, 0.3) is 5.76 Å². The molecule has 1 saturated heterocycles. The summed E-state index contributed by atoms with van der Waals surface area (Å²) in [6.45, 7) is 1.02. The quantitative estimate of drug-likeness (QED) is 0.447. The van der Waals surface area contributed by atoms with E-state index in [9.17, 15) is 14.7 Å². The first-order valence-electron chi connectivity index (χ1n) is 8.69. The Labute approximate surface area is 157 Å². The SMILES string of the molecule is COc1cccc(C(O)=C2C(=O)C(=O)N(CC[NH+](C)C)[C@@H]2c2ccco2)c1. The summed E-state index contributed by atoms with van der Waals surface area (Å²) in [4.78, 5) is 28.0. The Balaban J connectivity index is 2.10. The van der Waals surface area contributed by atoms with Crippen molar-refractivity contribution in [2.75, 3.05) is 34.3 Å². The highest BCUT2D eigenvalue weighted by Crippen LogP contribution is 2.39. The number of amides is 1. The van der Waals surface area contributed by atoms with Gasteiger partial charge in [-0.3, -0.25) is 9.59 Å². The van der Waals surface area contributed by atoms with Crippen molar-refractivity contribution in [2.45, 2.75) is 6.04 Å². The third-order valence-electron chi connectivity index (χ3n) is 4.55. The van der Waals surface area contributed by atoms with Crippen molar-refractivity contribution >= 4 is 17.4 Å². The van der Waals surface area contributed by atoms with E-state index in [1.54, 1.807) is 36.4 Å². The van der Waals surface area contributed by atoms with E-state index < -0.39 is 17.7 Å². The van der Waals surface area contributed by atoms with Crippen molar-refractivity contribution in [2.24, 2.45) is 0 Å². The zero-order valence-corrected chi connectivity index (χ0v) is 15.6. The van der Waals surface area contributed by atoms with Gasteiger partial charge in [0.15, 0.2) is 0 Å². The number of carbonyl (C=O) groups excluding carboxylic acids is 2. The summed E-state index contributed by atoms with van der Waals surface area (Å²) in [6.07, 6.45) is 1.48. The van der Waals surface area contributed by atoms with Gasteiger partial charge >= 0.3 is 0 Å². The molecule has 1 amide bonds. The number of nitrogens with one attached hydrogen (secondary N) is 1. The second-order valence-electron chi connectivity index (χ2n) is 6.70. The highest BCUT2D eigenvalue weighted by molar-refractivity contribution is 6.46. The number of rotatable bonds is 6. The lowest BCUT2D eigenvalue weighted by Crippen LogP contribution is -3.06. The van der Waals surface area contributed by atoms with Gasteiger partial charge in [-0.2, -0.15) is 0 Å². The molecule has 1 aliphatic rings. The average molecular weight is 371 g/mol. The Morgan fingerprint density at radius 2 is 2.04 bits per heavy atom. The van der Waals surface area contributed by atoms with Crippen LogP contribution >= 0.6 is 0 Å². The largest absolute Gasteiger partial charge is 0.507 e. The molecule has 1 atom stereocenters. The number of benzene rings is 1. The molecule has 0 bridgehead atoms. The standard InChI is InChI=1S/C20H22N2O5/c1-21(2)9-10-22-17(15-8-5-11-27-15)16(19(24)20(22)25)18(23)13-6-4-7-14(12-13)26-3/h4-8,11-12,17,23H,9-10H2,1-3H3/p+1/t17-/m1/s1. The molecule has 1 aliphatic heterocycles. The van der Waals surface area contributed by atoms with Crippen LogP contribution in [0.15, 0.2) is 52.7 Å². The van der Waals surface area contributed by atoms with Gasteiger partial charge in [0.25, 0.3) is 11.7 Å². The number of methoxy groups -OCH3 is 1. The molecular formula is C20H23N2O5+. The van der Waals surface area contributed by atoms with E-state index in [-0.39, 0.29) is 11.3 Å².